The van der Waals surface area contributed by atoms with Gasteiger partial charge in [-0.05, 0) is 59.7 Å². The highest BCUT2D eigenvalue weighted by Gasteiger charge is 2.15. The van der Waals surface area contributed by atoms with Crippen LogP contribution < -0.4 is 10.1 Å². The van der Waals surface area contributed by atoms with Gasteiger partial charge in [0.05, 0.1) is 5.71 Å². The van der Waals surface area contributed by atoms with Gasteiger partial charge >= 0.3 is 0 Å². The number of nitrogens with one attached hydrogen (secondary N) is 1. The Hall–Kier alpha value is -3.71. The molecule has 0 saturated carbocycles. The van der Waals surface area contributed by atoms with Crippen molar-refractivity contribution in [1.82, 2.24) is 5.32 Å². The lowest BCUT2D eigenvalue weighted by molar-refractivity contribution is -0.123. The second kappa shape index (κ2) is 13.4. The normalized spacial score (nSPS) is 14.3. The van der Waals surface area contributed by atoms with Gasteiger partial charge in [0, 0.05) is 26.2 Å². The molecular formula is C29H31FN2O4. The number of ether oxygens (including phenoxy) is 2. The molecule has 4 rings (SSSR count). The zero-order chi connectivity index (χ0) is 25.0. The SMILES string of the molecule is O=C(COc1ccc(CC(=NOCc2ccc(F)cc2)c2ccccc2)cc1)NCC1CCOCC1. The third-order valence-corrected chi connectivity index (χ3v) is 6.02. The fraction of sp³-hybridized carbons (Fsp3) is 0.310. The first kappa shape index (κ1) is 25.4. The maximum absolute atomic E-state index is 13.1. The van der Waals surface area contributed by atoms with Gasteiger partial charge in [-0.25, -0.2) is 4.39 Å². The highest BCUT2D eigenvalue weighted by atomic mass is 19.1. The average Bonchev–Trinajstić information content (AvgIpc) is 2.93. The fourth-order valence-corrected chi connectivity index (χ4v) is 3.89. The van der Waals surface area contributed by atoms with E-state index >= 15 is 0 Å². The third-order valence-electron chi connectivity index (χ3n) is 6.02. The van der Waals surface area contributed by atoms with Crippen LogP contribution in [0.15, 0.2) is 84.0 Å². The predicted molar refractivity (Wildman–Crippen MR) is 136 cm³/mol. The zero-order valence-corrected chi connectivity index (χ0v) is 20.2. The van der Waals surface area contributed by atoms with E-state index in [1.165, 1.54) is 12.1 Å². The minimum absolute atomic E-state index is 0.0173. The van der Waals surface area contributed by atoms with Crippen molar-refractivity contribution in [1.29, 1.82) is 0 Å². The van der Waals surface area contributed by atoms with Gasteiger partial charge < -0.3 is 19.6 Å². The molecule has 0 atom stereocenters. The van der Waals surface area contributed by atoms with E-state index in [0.29, 0.717) is 24.6 Å². The molecule has 0 radical (unpaired) electrons. The van der Waals surface area contributed by atoms with E-state index in [4.69, 9.17) is 14.3 Å². The monoisotopic (exact) mass is 490 g/mol. The summed E-state index contributed by atoms with van der Waals surface area (Å²) in [7, 11) is 0. The smallest absolute Gasteiger partial charge is 0.257 e. The molecule has 3 aromatic carbocycles. The van der Waals surface area contributed by atoms with Crippen LogP contribution in [-0.4, -0.2) is 38.0 Å². The molecule has 1 heterocycles. The summed E-state index contributed by atoms with van der Waals surface area (Å²) in [5, 5.41) is 7.32. The summed E-state index contributed by atoms with van der Waals surface area (Å²) < 4.78 is 24.1. The first-order valence-electron chi connectivity index (χ1n) is 12.2. The molecule has 0 bridgehead atoms. The lowest BCUT2D eigenvalue weighted by Crippen LogP contribution is -2.35. The van der Waals surface area contributed by atoms with Crippen molar-refractivity contribution in [3.8, 4) is 5.75 Å². The van der Waals surface area contributed by atoms with Crippen LogP contribution in [0, 0.1) is 11.7 Å². The van der Waals surface area contributed by atoms with Gasteiger partial charge in [0.2, 0.25) is 0 Å². The Kier molecular flexibility index (Phi) is 9.45. The van der Waals surface area contributed by atoms with Crippen molar-refractivity contribution >= 4 is 11.6 Å². The number of amides is 1. The van der Waals surface area contributed by atoms with E-state index in [0.717, 1.165) is 48.5 Å². The zero-order valence-electron chi connectivity index (χ0n) is 20.2. The number of nitrogens with zero attached hydrogens (tertiary/aromatic N) is 1. The van der Waals surface area contributed by atoms with Gasteiger partial charge in [0.15, 0.2) is 6.61 Å². The van der Waals surface area contributed by atoms with Crippen LogP contribution >= 0.6 is 0 Å². The molecular weight excluding hydrogens is 459 g/mol. The molecule has 6 nitrogen and oxygen atoms in total. The molecule has 1 saturated heterocycles. The van der Waals surface area contributed by atoms with E-state index in [9.17, 15) is 9.18 Å². The van der Waals surface area contributed by atoms with Crippen molar-refractivity contribution in [3.05, 3.63) is 101 Å². The maximum Gasteiger partial charge on any atom is 0.257 e. The average molecular weight is 491 g/mol. The third kappa shape index (κ3) is 8.20. The molecule has 0 aromatic heterocycles. The molecule has 1 fully saturated rings. The minimum atomic E-state index is -0.282. The number of benzene rings is 3. The van der Waals surface area contributed by atoms with Crippen LogP contribution in [0.5, 0.6) is 5.75 Å². The van der Waals surface area contributed by atoms with Gasteiger partial charge in [0.25, 0.3) is 5.91 Å². The Morgan fingerprint density at radius 2 is 1.64 bits per heavy atom. The van der Waals surface area contributed by atoms with E-state index in [-0.39, 0.29) is 24.9 Å². The molecule has 1 amide bonds. The standard InChI is InChI=1S/C29H31FN2O4/c30-26-10-6-24(7-11-26)20-36-32-28(25-4-2-1-3-5-25)18-22-8-12-27(13-9-22)35-21-29(33)31-19-23-14-16-34-17-15-23/h1-13,23H,14-21H2,(H,31,33). The summed E-state index contributed by atoms with van der Waals surface area (Å²) in [4.78, 5) is 17.7. The first-order valence-corrected chi connectivity index (χ1v) is 12.2. The van der Waals surface area contributed by atoms with Gasteiger partial charge in [-0.1, -0.05) is 59.8 Å². The summed E-state index contributed by atoms with van der Waals surface area (Å²) in [6.07, 6.45) is 2.52. The molecule has 7 heteroatoms. The molecule has 1 N–H and O–H groups in total. The van der Waals surface area contributed by atoms with Crippen LogP contribution in [0.25, 0.3) is 0 Å². The second-order valence-corrected chi connectivity index (χ2v) is 8.77. The van der Waals surface area contributed by atoms with E-state index < -0.39 is 0 Å². The van der Waals surface area contributed by atoms with Gasteiger partial charge in [-0.3, -0.25) is 4.79 Å². The highest BCUT2D eigenvalue weighted by molar-refractivity contribution is 6.01. The van der Waals surface area contributed by atoms with Crippen LogP contribution in [0.4, 0.5) is 4.39 Å². The number of carbonyl (C=O) groups is 1. The minimum Gasteiger partial charge on any atom is -0.484 e. The Balaban J connectivity index is 1.30. The summed E-state index contributed by atoms with van der Waals surface area (Å²) >= 11 is 0. The molecule has 36 heavy (non-hydrogen) atoms. The van der Waals surface area contributed by atoms with Crippen molar-refractivity contribution < 1.29 is 23.5 Å². The van der Waals surface area contributed by atoms with Crippen LogP contribution in [0.3, 0.4) is 0 Å². The predicted octanol–water partition coefficient (Wildman–Crippen LogP) is 4.91. The highest BCUT2D eigenvalue weighted by Crippen LogP contribution is 2.16. The molecule has 0 aliphatic carbocycles. The Morgan fingerprint density at radius 1 is 0.944 bits per heavy atom. The summed E-state index contributed by atoms with van der Waals surface area (Å²) in [5.74, 6) is 0.700. The number of oxime groups is 1. The summed E-state index contributed by atoms with van der Waals surface area (Å²) in [5.41, 5.74) is 3.60. The van der Waals surface area contributed by atoms with Crippen molar-refractivity contribution in [3.63, 3.8) is 0 Å². The first-order chi connectivity index (χ1) is 17.7. The number of rotatable bonds is 11. The molecule has 3 aromatic rings. The number of carbonyl (C=O) groups excluding carboxylic acids is 1. The van der Waals surface area contributed by atoms with Gasteiger partial charge in [-0.15, -0.1) is 0 Å². The number of halogens is 1. The molecule has 0 spiro atoms. The van der Waals surface area contributed by atoms with Gasteiger partial charge in [0.1, 0.15) is 18.2 Å². The fourth-order valence-electron chi connectivity index (χ4n) is 3.89. The summed E-state index contributed by atoms with van der Waals surface area (Å²) in [6.45, 7) is 2.42. The Labute approximate surface area is 211 Å². The molecule has 188 valence electrons. The number of hydrogen-bond donors (Lipinski definition) is 1. The second-order valence-electron chi connectivity index (χ2n) is 8.77. The molecule has 1 aliphatic rings. The maximum atomic E-state index is 13.1. The van der Waals surface area contributed by atoms with Crippen molar-refractivity contribution in [2.75, 3.05) is 26.4 Å². The lowest BCUT2D eigenvalue weighted by Gasteiger charge is -2.22. The van der Waals surface area contributed by atoms with Crippen molar-refractivity contribution in [2.45, 2.75) is 25.9 Å². The van der Waals surface area contributed by atoms with E-state index in [2.05, 4.69) is 10.5 Å². The van der Waals surface area contributed by atoms with E-state index in [1.54, 1.807) is 12.1 Å². The Bertz CT molecular complexity index is 1110. The van der Waals surface area contributed by atoms with Crippen LogP contribution in [0.2, 0.25) is 0 Å². The van der Waals surface area contributed by atoms with Crippen LogP contribution in [0.1, 0.15) is 29.5 Å². The Morgan fingerprint density at radius 3 is 2.36 bits per heavy atom. The molecule has 0 unspecified atom stereocenters. The largest absolute Gasteiger partial charge is 0.484 e. The summed E-state index contributed by atoms with van der Waals surface area (Å²) in [6, 6.07) is 23.6. The topological polar surface area (TPSA) is 69.2 Å². The van der Waals surface area contributed by atoms with E-state index in [1.807, 2.05) is 54.6 Å². The van der Waals surface area contributed by atoms with Crippen LogP contribution in [-0.2, 0) is 27.4 Å². The number of hydrogen-bond acceptors (Lipinski definition) is 5. The van der Waals surface area contributed by atoms with Crippen molar-refractivity contribution in [2.24, 2.45) is 11.1 Å². The molecule has 1 aliphatic heterocycles. The van der Waals surface area contributed by atoms with Gasteiger partial charge in [-0.2, -0.15) is 0 Å². The quantitative estimate of drug-likeness (QED) is 0.306. The lowest BCUT2D eigenvalue weighted by atomic mass is 10.0.